The monoisotopic (exact) mass is 315 g/mol. The van der Waals surface area contributed by atoms with Crippen molar-refractivity contribution in [3.8, 4) is 0 Å². The highest BCUT2D eigenvalue weighted by Gasteiger charge is 2.25. The van der Waals surface area contributed by atoms with Crippen LogP contribution in [0.2, 0.25) is 0 Å². The summed E-state index contributed by atoms with van der Waals surface area (Å²) in [6.45, 7) is 1.49. The molecule has 2 aromatic rings. The topological polar surface area (TPSA) is 46.2 Å². The Hall–Kier alpha value is -1.86. The van der Waals surface area contributed by atoms with Gasteiger partial charge < -0.3 is 0 Å². The number of rotatable bonds is 4. The Bertz CT molecular complexity index is 725. The fourth-order valence-corrected chi connectivity index (χ4v) is 3.22. The molecule has 112 valence electrons. The minimum absolute atomic E-state index is 0.464. The number of sulfonamides is 1. The van der Waals surface area contributed by atoms with E-state index in [4.69, 9.17) is 0 Å². The van der Waals surface area contributed by atoms with Crippen LogP contribution in [0, 0.1) is 17.5 Å². The second-order valence-corrected chi connectivity index (χ2v) is 6.10. The quantitative estimate of drug-likeness (QED) is 0.942. The van der Waals surface area contributed by atoms with E-state index in [1.54, 1.807) is 0 Å². The smallest absolute Gasteiger partial charge is 0.207 e. The maximum absolute atomic E-state index is 13.5. The van der Waals surface area contributed by atoms with E-state index >= 15 is 0 Å². The molecule has 0 aliphatic heterocycles. The normalized spacial score (nSPS) is 13.1. The van der Waals surface area contributed by atoms with Crippen molar-refractivity contribution in [2.45, 2.75) is 17.9 Å². The van der Waals surface area contributed by atoms with Crippen molar-refractivity contribution in [2.75, 3.05) is 0 Å². The first-order valence-corrected chi connectivity index (χ1v) is 7.51. The molecule has 0 aromatic heterocycles. The standard InChI is InChI=1S/C14H12F3NO2S/c1-9(10-5-7-11(15)8-6-10)18-21(19,20)14-12(16)3-2-4-13(14)17/h2-9,18H,1H3/t9-/m0/s1. The van der Waals surface area contributed by atoms with E-state index in [1.807, 2.05) is 0 Å². The van der Waals surface area contributed by atoms with Gasteiger partial charge in [0.1, 0.15) is 17.5 Å². The number of nitrogens with one attached hydrogen (secondary N) is 1. The summed E-state index contributed by atoms with van der Waals surface area (Å²) in [6.07, 6.45) is 0. The van der Waals surface area contributed by atoms with Crippen LogP contribution in [0.1, 0.15) is 18.5 Å². The Balaban J connectivity index is 2.31. The fourth-order valence-electron chi connectivity index (χ4n) is 1.85. The highest BCUT2D eigenvalue weighted by Crippen LogP contribution is 2.21. The predicted molar refractivity (Wildman–Crippen MR) is 71.5 cm³/mol. The summed E-state index contributed by atoms with van der Waals surface area (Å²) in [5.41, 5.74) is 0.469. The third-order valence-electron chi connectivity index (χ3n) is 2.89. The highest BCUT2D eigenvalue weighted by molar-refractivity contribution is 7.89. The van der Waals surface area contributed by atoms with Crippen molar-refractivity contribution in [1.29, 1.82) is 0 Å². The van der Waals surface area contributed by atoms with Gasteiger partial charge in [-0.05, 0) is 36.8 Å². The molecule has 0 spiro atoms. The summed E-state index contributed by atoms with van der Waals surface area (Å²) in [5.74, 6) is -2.81. The van der Waals surface area contributed by atoms with Crippen LogP contribution in [0.5, 0.6) is 0 Å². The van der Waals surface area contributed by atoms with Crippen LogP contribution in [0.25, 0.3) is 0 Å². The van der Waals surface area contributed by atoms with Crippen molar-refractivity contribution < 1.29 is 21.6 Å². The first-order valence-electron chi connectivity index (χ1n) is 6.03. The summed E-state index contributed by atoms with van der Waals surface area (Å²) < 4.78 is 66.2. The van der Waals surface area contributed by atoms with Crippen LogP contribution in [0.4, 0.5) is 13.2 Å². The van der Waals surface area contributed by atoms with Crippen molar-refractivity contribution in [2.24, 2.45) is 0 Å². The van der Waals surface area contributed by atoms with E-state index in [1.165, 1.54) is 31.2 Å². The summed E-state index contributed by atoms with van der Waals surface area (Å²) in [6, 6.07) is 7.15. The molecule has 0 bridgehead atoms. The molecule has 2 aromatic carbocycles. The van der Waals surface area contributed by atoms with E-state index in [9.17, 15) is 21.6 Å². The van der Waals surface area contributed by atoms with Crippen LogP contribution in [0.15, 0.2) is 47.4 Å². The first-order chi connectivity index (χ1) is 9.81. The average molecular weight is 315 g/mol. The van der Waals surface area contributed by atoms with Gasteiger partial charge in [-0.2, -0.15) is 0 Å². The van der Waals surface area contributed by atoms with Crippen LogP contribution in [-0.4, -0.2) is 8.42 Å². The van der Waals surface area contributed by atoms with Crippen LogP contribution < -0.4 is 4.72 Å². The first kappa shape index (κ1) is 15.5. The van der Waals surface area contributed by atoms with Gasteiger partial charge in [-0.3, -0.25) is 0 Å². The van der Waals surface area contributed by atoms with E-state index < -0.39 is 38.4 Å². The zero-order chi connectivity index (χ0) is 15.6. The average Bonchev–Trinajstić information content (AvgIpc) is 2.38. The minimum Gasteiger partial charge on any atom is -0.207 e. The SMILES string of the molecule is C[C@H](NS(=O)(=O)c1c(F)cccc1F)c1ccc(F)cc1. The van der Waals surface area contributed by atoms with Crippen molar-refractivity contribution in [3.05, 3.63) is 65.5 Å². The van der Waals surface area contributed by atoms with Crippen molar-refractivity contribution >= 4 is 10.0 Å². The largest absolute Gasteiger partial charge is 0.246 e. The maximum Gasteiger partial charge on any atom is 0.246 e. The van der Waals surface area contributed by atoms with Gasteiger partial charge in [-0.1, -0.05) is 18.2 Å². The second kappa shape index (κ2) is 5.87. The Morgan fingerprint density at radius 3 is 2.00 bits per heavy atom. The Labute approximate surface area is 120 Å². The molecule has 1 N–H and O–H groups in total. The summed E-state index contributed by atoms with van der Waals surface area (Å²) in [7, 11) is -4.37. The third-order valence-corrected chi connectivity index (χ3v) is 4.48. The van der Waals surface area contributed by atoms with Crippen LogP contribution in [-0.2, 0) is 10.0 Å². The van der Waals surface area contributed by atoms with Gasteiger partial charge in [-0.15, -0.1) is 0 Å². The second-order valence-electron chi connectivity index (χ2n) is 4.45. The molecule has 0 fully saturated rings. The molecule has 1 atom stereocenters. The number of hydrogen-bond acceptors (Lipinski definition) is 2. The van der Waals surface area contributed by atoms with Gasteiger partial charge in [0.05, 0.1) is 0 Å². The lowest BCUT2D eigenvalue weighted by atomic mass is 10.1. The van der Waals surface area contributed by atoms with Crippen molar-refractivity contribution in [1.82, 2.24) is 4.72 Å². The molecule has 0 aliphatic rings. The van der Waals surface area contributed by atoms with E-state index in [0.717, 1.165) is 18.2 Å². The van der Waals surface area contributed by atoms with Gasteiger partial charge in [0.2, 0.25) is 10.0 Å². The molecule has 0 unspecified atom stereocenters. The minimum atomic E-state index is -4.37. The summed E-state index contributed by atoms with van der Waals surface area (Å²) in [4.78, 5) is -1.03. The molecule has 0 aliphatic carbocycles. The molecule has 7 heteroatoms. The summed E-state index contributed by atoms with van der Waals surface area (Å²) >= 11 is 0. The number of hydrogen-bond donors (Lipinski definition) is 1. The van der Waals surface area contributed by atoms with Gasteiger partial charge in [0, 0.05) is 6.04 Å². The fraction of sp³-hybridized carbons (Fsp3) is 0.143. The molecule has 0 saturated carbocycles. The van der Waals surface area contributed by atoms with Gasteiger partial charge >= 0.3 is 0 Å². The molecule has 3 nitrogen and oxygen atoms in total. The number of benzene rings is 2. The van der Waals surface area contributed by atoms with Crippen LogP contribution >= 0.6 is 0 Å². The molecule has 0 saturated heterocycles. The maximum atomic E-state index is 13.5. The van der Waals surface area contributed by atoms with Crippen LogP contribution in [0.3, 0.4) is 0 Å². The van der Waals surface area contributed by atoms with E-state index in [0.29, 0.717) is 5.56 Å². The molecule has 21 heavy (non-hydrogen) atoms. The van der Waals surface area contributed by atoms with Gasteiger partial charge in [0.15, 0.2) is 4.90 Å². The molecular weight excluding hydrogens is 303 g/mol. The zero-order valence-corrected chi connectivity index (χ0v) is 11.8. The Morgan fingerprint density at radius 1 is 0.952 bits per heavy atom. The molecule has 0 amide bonds. The Morgan fingerprint density at radius 2 is 1.48 bits per heavy atom. The predicted octanol–water partition coefficient (Wildman–Crippen LogP) is 3.14. The highest BCUT2D eigenvalue weighted by atomic mass is 32.2. The molecular formula is C14H12F3NO2S. The molecule has 2 rings (SSSR count). The van der Waals surface area contributed by atoms with Gasteiger partial charge in [0.25, 0.3) is 0 Å². The van der Waals surface area contributed by atoms with Gasteiger partial charge in [-0.25, -0.2) is 26.3 Å². The number of halogens is 3. The van der Waals surface area contributed by atoms with E-state index in [2.05, 4.69) is 4.72 Å². The Kier molecular flexibility index (Phi) is 4.34. The van der Waals surface area contributed by atoms with E-state index in [-0.39, 0.29) is 0 Å². The van der Waals surface area contributed by atoms with Crippen molar-refractivity contribution in [3.63, 3.8) is 0 Å². The lowest BCUT2D eigenvalue weighted by Crippen LogP contribution is -2.28. The zero-order valence-electron chi connectivity index (χ0n) is 11.0. The lowest BCUT2D eigenvalue weighted by Gasteiger charge is -2.15. The molecule has 0 radical (unpaired) electrons. The third kappa shape index (κ3) is 3.43. The summed E-state index contributed by atoms with van der Waals surface area (Å²) in [5, 5.41) is 0. The molecule has 0 heterocycles. The lowest BCUT2D eigenvalue weighted by molar-refractivity contribution is 0.509.